The van der Waals surface area contributed by atoms with Gasteiger partial charge in [-0.2, -0.15) is 0 Å². The SMILES string of the molecule is CN=C(NCCN1CCc2cc(OC)c(OC)cc2C1)N(C)CCOCC1CC1.I. The van der Waals surface area contributed by atoms with Crippen LogP contribution in [0, 0.1) is 5.92 Å². The maximum absolute atomic E-state index is 5.74. The molecule has 8 heteroatoms. The van der Waals surface area contributed by atoms with Crippen LogP contribution in [0.15, 0.2) is 17.1 Å². The molecule has 0 aromatic heterocycles. The van der Waals surface area contributed by atoms with Crippen LogP contribution in [0.25, 0.3) is 0 Å². The smallest absolute Gasteiger partial charge is 0.193 e. The summed E-state index contributed by atoms with van der Waals surface area (Å²) in [5.41, 5.74) is 2.68. The van der Waals surface area contributed by atoms with E-state index in [0.29, 0.717) is 0 Å². The Bertz CT molecular complexity index is 697. The predicted molar refractivity (Wildman–Crippen MR) is 131 cm³/mol. The summed E-state index contributed by atoms with van der Waals surface area (Å²) in [7, 11) is 7.27. The van der Waals surface area contributed by atoms with Crippen LogP contribution in [0.5, 0.6) is 11.5 Å². The Labute approximate surface area is 198 Å². The summed E-state index contributed by atoms with van der Waals surface area (Å²) < 4.78 is 16.6. The van der Waals surface area contributed by atoms with E-state index in [1.165, 1.54) is 24.0 Å². The number of nitrogens with one attached hydrogen (secondary N) is 1. The molecule has 1 heterocycles. The van der Waals surface area contributed by atoms with E-state index in [-0.39, 0.29) is 24.0 Å². The molecular weight excluding hydrogens is 495 g/mol. The van der Waals surface area contributed by atoms with Gasteiger partial charge >= 0.3 is 0 Å². The molecule has 1 aliphatic heterocycles. The number of hydrogen-bond donors (Lipinski definition) is 1. The zero-order valence-corrected chi connectivity index (χ0v) is 21.1. The van der Waals surface area contributed by atoms with Crippen LogP contribution >= 0.6 is 24.0 Å². The second kappa shape index (κ2) is 12.6. The Hall–Kier alpha value is -1.26. The molecule has 170 valence electrons. The Kier molecular flexibility index (Phi) is 10.5. The van der Waals surface area contributed by atoms with Crippen molar-refractivity contribution in [2.75, 3.05) is 67.7 Å². The van der Waals surface area contributed by atoms with Crippen LogP contribution in [0.3, 0.4) is 0 Å². The van der Waals surface area contributed by atoms with Gasteiger partial charge in [0.05, 0.1) is 20.8 Å². The highest BCUT2D eigenvalue weighted by atomic mass is 127. The van der Waals surface area contributed by atoms with Gasteiger partial charge in [-0.05, 0) is 48.4 Å². The van der Waals surface area contributed by atoms with Crippen molar-refractivity contribution < 1.29 is 14.2 Å². The fourth-order valence-corrected chi connectivity index (χ4v) is 3.68. The second-order valence-corrected chi connectivity index (χ2v) is 7.92. The second-order valence-electron chi connectivity index (χ2n) is 7.92. The topological polar surface area (TPSA) is 58.6 Å². The highest BCUT2D eigenvalue weighted by molar-refractivity contribution is 14.0. The maximum atomic E-state index is 5.74. The van der Waals surface area contributed by atoms with Gasteiger partial charge in [-0.3, -0.25) is 9.89 Å². The first-order valence-corrected chi connectivity index (χ1v) is 10.6. The highest BCUT2D eigenvalue weighted by Gasteiger charge is 2.21. The van der Waals surface area contributed by atoms with Gasteiger partial charge in [-0.15, -0.1) is 24.0 Å². The van der Waals surface area contributed by atoms with Crippen LogP contribution in [0.1, 0.15) is 24.0 Å². The zero-order chi connectivity index (χ0) is 20.6. The third-order valence-corrected chi connectivity index (χ3v) is 5.70. The van der Waals surface area contributed by atoms with E-state index < -0.39 is 0 Å². The normalized spacial score (nSPS) is 16.5. The number of halogens is 1. The molecular formula is C22H37IN4O3. The lowest BCUT2D eigenvalue weighted by molar-refractivity contribution is 0.115. The summed E-state index contributed by atoms with van der Waals surface area (Å²) in [5.74, 6) is 3.35. The maximum Gasteiger partial charge on any atom is 0.193 e. The first-order valence-electron chi connectivity index (χ1n) is 10.6. The number of methoxy groups -OCH3 is 2. The number of ether oxygens (including phenoxy) is 3. The van der Waals surface area contributed by atoms with E-state index in [1.807, 2.05) is 7.05 Å². The van der Waals surface area contributed by atoms with Crippen molar-refractivity contribution in [2.45, 2.75) is 25.8 Å². The molecule has 1 aromatic rings. The minimum atomic E-state index is 0. The molecule has 0 spiro atoms. The third-order valence-electron chi connectivity index (χ3n) is 5.70. The van der Waals surface area contributed by atoms with Crippen LogP contribution in [-0.4, -0.2) is 83.5 Å². The number of aliphatic imine (C=N–C) groups is 1. The van der Waals surface area contributed by atoms with Gasteiger partial charge in [0.1, 0.15) is 0 Å². The van der Waals surface area contributed by atoms with E-state index in [4.69, 9.17) is 14.2 Å². The van der Waals surface area contributed by atoms with Gasteiger partial charge in [-0.25, -0.2) is 0 Å². The van der Waals surface area contributed by atoms with Crippen molar-refractivity contribution in [3.05, 3.63) is 23.3 Å². The molecule has 1 N–H and O–H groups in total. The van der Waals surface area contributed by atoms with Crippen molar-refractivity contribution >= 4 is 29.9 Å². The number of hydrogen-bond acceptors (Lipinski definition) is 5. The monoisotopic (exact) mass is 532 g/mol. The van der Waals surface area contributed by atoms with E-state index in [1.54, 1.807) is 14.2 Å². The Morgan fingerprint density at radius 2 is 1.90 bits per heavy atom. The number of guanidine groups is 1. The Morgan fingerprint density at radius 1 is 1.20 bits per heavy atom. The molecule has 1 saturated carbocycles. The fraction of sp³-hybridized carbons (Fsp3) is 0.682. The summed E-state index contributed by atoms with van der Waals surface area (Å²) in [6.45, 7) is 6.33. The average molecular weight is 532 g/mol. The van der Waals surface area contributed by atoms with E-state index >= 15 is 0 Å². The largest absolute Gasteiger partial charge is 0.493 e. The van der Waals surface area contributed by atoms with Gasteiger partial charge in [0.15, 0.2) is 17.5 Å². The lowest BCUT2D eigenvalue weighted by Gasteiger charge is -2.30. The molecule has 0 radical (unpaired) electrons. The standard InChI is InChI=1S/C22H36N4O3.HI/c1-23-22(25(2)11-12-29-16-17-5-6-17)24-8-10-26-9-7-18-13-20(27-3)21(28-4)14-19(18)15-26;/h13-14,17H,5-12,15-16H2,1-4H3,(H,23,24);1H. The summed E-state index contributed by atoms with van der Waals surface area (Å²) in [5, 5.41) is 3.48. The van der Waals surface area contributed by atoms with E-state index in [2.05, 4.69) is 39.3 Å². The van der Waals surface area contributed by atoms with Crippen LogP contribution < -0.4 is 14.8 Å². The molecule has 0 atom stereocenters. The third kappa shape index (κ3) is 7.16. The number of nitrogens with zero attached hydrogens (tertiary/aromatic N) is 3. The lowest BCUT2D eigenvalue weighted by Crippen LogP contribution is -2.44. The number of benzene rings is 1. The summed E-state index contributed by atoms with van der Waals surface area (Å²) in [6, 6.07) is 4.23. The van der Waals surface area contributed by atoms with Gasteiger partial charge in [0.2, 0.25) is 0 Å². The van der Waals surface area contributed by atoms with Gasteiger partial charge < -0.3 is 24.4 Å². The minimum absolute atomic E-state index is 0. The van der Waals surface area contributed by atoms with Crippen molar-refractivity contribution in [2.24, 2.45) is 10.9 Å². The van der Waals surface area contributed by atoms with Crippen molar-refractivity contribution in [3.8, 4) is 11.5 Å². The summed E-state index contributed by atoms with van der Waals surface area (Å²) in [4.78, 5) is 9.00. The molecule has 30 heavy (non-hydrogen) atoms. The van der Waals surface area contributed by atoms with Crippen molar-refractivity contribution in [3.63, 3.8) is 0 Å². The summed E-state index contributed by atoms with van der Waals surface area (Å²) in [6.07, 6.45) is 3.70. The van der Waals surface area contributed by atoms with Crippen LogP contribution in [0.4, 0.5) is 0 Å². The molecule has 0 saturated heterocycles. The Balaban J connectivity index is 0.00000320. The van der Waals surface area contributed by atoms with Gasteiger partial charge in [0.25, 0.3) is 0 Å². The van der Waals surface area contributed by atoms with Crippen LogP contribution in [0.2, 0.25) is 0 Å². The summed E-state index contributed by atoms with van der Waals surface area (Å²) >= 11 is 0. The molecule has 0 amide bonds. The molecule has 0 bridgehead atoms. The fourth-order valence-electron chi connectivity index (χ4n) is 3.68. The van der Waals surface area contributed by atoms with Crippen molar-refractivity contribution in [1.82, 2.24) is 15.1 Å². The molecule has 3 rings (SSSR count). The van der Waals surface area contributed by atoms with E-state index in [9.17, 15) is 0 Å². The molecule has 1 aromatic carbocycles. The first-order chi connectivity index (χ1) is 14.1. The van der Waals surface area contributed by atoms with Gasteiger partial charge in [-0.1, -0.05) is 0 Å². The molecule has 7 nitrogen and oxygen atoms in total. The van der Waals surface area contributed by atoms with Crippen LogP contribution in [-0.2, 0) is 17.7 Å². The molecule has 0 unspecified atom stereocenters. The van der Waals surface area contributed by atoms with Gasteiger partial charge in [0, 0.05) is 53.4 Å². The molecule has 2 aliphatic rings. The number of fused-ring (bicyclic) bond motifs is 1. The quantitative estimate of drug-likeness (QED) is 0.217. The minimum Gasteiger partial charge on any atom is -0.493 e. The predicted octanol–water partition coefficient (Wildman–Crippen LogP) is 2.61. The van der Waals surface area contributed by atoms with Crippen molar-refractivity contribution in [1.29, 1.82) is 0 Å². The lowest BCUT2D eigenvalue weighted by atomic mass is 9.99. The van der Waals surface area contributed by atoms with E-state index in [0.717, 1.165) is 75.7 Å². The molecule has 1 aliphatic carbocycles. The number of likely N-dealkylation sites (N-methyl/N-ethyl adjacent to an activating group) is 1. The Morgan fingerprint density at radius 3 is 2.53 bits per heavy atom. The molecule has 1 fully saturated rings. The number of rotatable bonds is 10. The highest BCUT2D eigenvalue weighted by Crippen LogP contribution is 2.33. The zero-order valence-electron chi connectivity index (χ0n) is 18.8. The average Bonchev–Trinajstić information content (AvgIpc) is 3.57. The first kappa shape index (κ1) is 25.0.